The molecule has 5 nitrogen and oxygen atoms in total. The van der Waals surface area contributed by atoms with E-state index in [9.17, 15) is 4.79 Å². The number of fused-ring (bicyclic) bond motifs is 1. The average molecular weight is 238 g/mol. The van der Waals surface area contributed by atoms with E-state index in [1.54, 1.807) is 32.0 Å². The van der Waals surface area contributed by atoms with Gasteiger partial charge in [-0.15, -0.1) is 0 Å². The molecule has 0 amide bonds. The van der Waals surface area contributed by atoms with Gasteiger partial charge in [0.25, 0.3) is 0 Å². The second-order valence-corrected chi connectivity index (χ2v) is 4.12. The fourth-order valence-corrected chi connectivity index (χ4v) is 1.52. The van der Waals surface area contributed by atoms with Crippen molar-refractivity contribution in [2.24, 2.45) is 0 Å². The van der Waals surface area contributed by atoms with Gasteiger partial charge in [0.05, 0.1) is 7.11 Å². The molecule has 0 aliphatic carbocycles. The van der Waals surface area contributed by atoms with Crippen LogP contribution in [0.1, 0.15) is 13.8 Å². The number of methoxy groups -OCH3 is 1. The maximum Gasteiger partial charge on any atom is 0.349 e. The van der Waals surface area contributed by atoms with Crippen LogP contribution in [0, 0.1) is 0 Å². The molecule has 0 N–H and O–H groups in total. The molecule has 0 unspecified atom stereocenters. The SMILES string of the molecule is COC(=O)C(C)(C)Oc1ccc2c(c1)OCO2. The van der Waals surface area contributed by atoms with Crippen molar-refractivity contribution in [3.8, 4) is 17.2 Å². The predicted molar refractivity (Wildman–Crippen MR) is 59.3 cm³/mol. The van der Waals surface area contributed by atoms with Crippen molar-refractivity contribution in [1.82, 2.24) is 0 Å². The first-order valence-corrected chi connectivity index (χ1v) is 5.20. The van der Waals surface area contributed by atoms with Crippen LogP contribution in [0.5, 0.6) is 17.2 Å². The summed E-state index contributed by atoms with van der Waals surface area (Å²) in [6.45, 7) is 3.49. The highest BCUT2D eigenvalue weighted by Crippen LogP contribution is 2.36. The van der Waals surface area contributed by atoms with Gasteiger partial charge < -0.3 is 18.9 Å². The van der Waals surface area contributed by atoms with Crippen LogP contribution in [0.4, 0.5) is 0 Å². The van der Waals surface area contributed by atoms with Crippen LogP contribution in [-0.2, 0) is 9.53 Å². The maximum atomic E-state index is 11.5. The summed E-state index contributed by atoms with van der Waals surface area (Å²) in [5.41, 5.74) is -1.04. The number of hydrogen-bond donors (Lipinski definition) is 0. The van der Waals surface area contributed by atoms with E-state index in [1.165, 1.54) is 7.11 Å². The van der Waals surface area contributed by atoms with E-state index in [0.29, 0.717) is 17.2 Å². The third-order valence-electron chi connectivity index (χ3n) is 2.39. The molecule has 0 radical (unpaired) electrons. The highest BCUT2D eigenvalue weighted by molar-refractivity contribution is 5.78. The zero-order chi connectivity index (χ0) is 12.5. The summed E-state index contributed by atoms with van der Waals surface area (Å²) < 4.78 is 20.6. The van der Waals surface area contributed by atoms with Gasteiger partial charge in [-0.3, -0.25) is 0 Å². The van der Waals surface area contributed by atoms with Gasteiger partial charge in [-0.25, -0.2) is 4.79 Å². The van der Waals surface area contributed by atoms with Gasteiger partial charge in [-0.05, 0) is 26.0 Å². The first-order chi connectivity index (χ1) is 8.03. The van der Waals surface area contributed by atoms with E-state index in [4.69, 9.17) is 14.2 Å². The minimum Gasteiger partial charge on any atom is -0.476 e. The number of carbonyl (C=O) groups is 1. The number of benzene rings is 1. The second kappa shape index (κ2) is 4.16. The third-order valence-corrected chi connectivity index (χ3v) is 2.39. The fourth-order valence-electron chi connectivity index (χ4n) is 1.52. The number of ether oxygens (including phenoxy) is 4. The van der Waals surface area contributed by atoms with Crippen LogP contribution in [0.2, 0.25) is 0 Å². The number of esters is 1. The first kappa shape index (κ1) is 11.6. The molecular formula is C12H14O5. The molecule has 0 saturated carbocycles. The smallest absolute Gasteiger partial charge is 0.349 e. The Bertz CT molecular complexity index is 439. The molecular weight excluding hydrogens is 224 g/mol. The highest BCUT2D eigenvalue weighted by atomic mass is 16.7. The van der Waals surface area contributed by atoms with Crippen molar-refractivity contribution in [2.75, 3.05) is 13.9 Å². The van der Waals surface area contributed by atoms with Gasteiger partial charge in [-0.1, -0.05) is 0 Å². The second-order valence-electron chi connectivity index (χ2n) is 4.12. The molecule has 92 valence electrons. The molecule has 1 heterocycles. The lowest BCUT2D eigenvalue weighted by Gasteiger charge is -2.23. The van der Waals surface area contributed by atoms with Crippen LogP contribution in [0.25, 0.3) is 0 Å². The Morgan fingerprint density at radius 3 is 2.71 bits per heavy atom. The quantitative estimate of drug-likeness (QED) is 0.751. The largest absolute Gasteiger partial charge is 0.476 e. The Balaban J connectivity index is 2.16. The van der Waals surface area contributed by atoms with Crippen LogP contribution in [-0.4, -0.2) is 25.5 Å². The third kappa shape index (κ3) is 2.27. The summed E-state index contributed by atoms with van der Waals surface area (Å²) in [6.07, 6.45) is 0. The van der Waals surface area contributed by atoms with E-state index >= 15 is 0 Å². The van der Waals surface area contributed by atoms with Crippen LogP contribution >= 0.6 is 0 Å². The van der Waals surface area contributed by atoms with Crippen molar-refractivity contribution < 1.29 is 23.7 Å². The zero-order valence-corrected chi connectivity index (χ0v) is 9.98. The lowest BCUT2D eigenvalue weighted by molar-refractivity contribution is -0.156. The minimum absolute atomic E-state index is 0.208. The standard InChI is InChI=1S/C12H14O5/c1-12(2,11(13)14-3)17-8-4-5-9-10(6-8)16-7-15-9/h4-6H,7H2,1-3H3. The zero-order valence-electron chi connectivity index (χ0n) is 9.98. The number of carbonyl (C=O) groups excluding carboxylic acids is 1. The van der Waals surface area contributed by atoms with E-state index in [1.807, 2.05) is 0 Å². The summed E-state index contributed by atoms with van der Waals surface area (Å²) in [6, 6.07) is 5.15. The summed E-state index contributed by atoms with van der Waals surface area (Å²) in [7, 11) is 1.33. The van der Waals surface area contributed by atoms with Crippen molar-refractivity contribution in [3.63, 3.8) is 0 Å². The molecule has 0 fully saturated rings. The van der Waals surface area contributed by atoms with Gasteiger partial charge in [0, 0.05) is 6.07 Å². The van der Waals surface area contributed by atoms with E-state index in [2.05, 4.69) is 4.74 Å². The molecule has 1 aliphatic heterocycles. The molecule has 0 spiro atoms. The topological polar surface area (TPSA) is 54.0 Å². The van der Waals surface area contributed by atoms with Gasteiger partial charge in [-0.2, -0.15) is 0 Å². The van der Waals surface area contributed by atoms with Gasteiger partial charge >= 0.3 is 5.97 Å². The Morgan fingerprint density at radius 1 is 1.29 bits per heavy atom. The van der Waals surface area contributed by atoms with Crippen molar-refractivity contribution in [2.45, 2.75) is 19.4 Å². The maximum absolute atomic E-state index is 11.5. The average Bonchev–Trinajstić information content (AvgIpc) is 2.74. The number of hydrogen-bond acceptors (Lipinski definition) is 5. The fraction of sp³-hybridized carbons (Fsp3) is 0.417. The molecule has 0 saturated heterocycles. The molecule has 2 rings (SSSR count). The van der Waals surface area contributed by atoms with Crippen LogP contribution in [0.15, 0.2) is 18.2 Å². The molecule has 0 aromatic heterocycles. The highest BCUT2D eigenvalue weighted by Gasteiger charge is 2.31. The molecule has 0 bridgehead atoms. The monoisotopic (exact) mass is 238 g/mol. The predicted octanol–water partition coefficient (Wildman–Crippen LogP) is 1.75. The van der Waals surface area contributed by atoms with Crippen molar-refractivity contribution in [3.05, 3.63) is 18.2 Å². The molecule has 1 aliphatic rings. The summed E-state index contributed by atoms with van der Waals surface area (Å²) >= 11 is 0. The Morgan fingerprint density at radius 2 is 2.00 bits per heavy atom. The van der Waals surface area contributed by atoms with Crippen LogP contribution < -0.4 is 14.2 Å². The Kier molecular flexibility index (Phi) is 2.83. The van der Waals surface area contributed by atoms with E-state index in [0.717, 1.165) is 0 Å². The lowest BCUT2D eigenvalue weighted by atomic mass is 10.1. The molecule has 1 aromatic carbocycles. The first-order valence-electron chi connectivity index (χ1n) is 5.20. The van der Waals surface area contributed by atoms with Gasteiger partial charge in [0.15, 0.2) is 17.1 Å². The summed E-state index contributed by atoms with van der Waals surface area (Å²) in [5.74, 6) is 1.39. The van der Waals surface area contributed by atoms with E-state index < -0.39 is 11.6 Å². The Hall–Kier alpha value is -1.91. The molecule has 17 heavy (non-hydrogen) atoms. The summed E-state index contributed by atoms with van der Waals surface area (Å²) in [5, 5.41) is 0. The Labute approximate surface area is 99.2 Å². The molecule has 0 atom stereocenters. The molecule has 5 heteroatoms. The minimum atomic E-state index is -1.04. The number of rotatable bonds is 3. The van der Waals surface area contributed by atoms with Crippen molar-refractivity contribution >= 4 is 5.97 Å². The van der Waals surface area contributed by atoms with Gasteiger partial charge in [0.1, 0.15) is 5.75 Å². The van der Waals surface area contributed by atoms with Crippen LogP contribution in [0.3, 0.4) is 0 Å². The van der Waals surface area contributed by atoms with E-state index in [-0.39, 0.29) is 6.79 Å². The summed E-state index contributed by atoms with van der Waals surface area (Å²) in [4.78, 5) is 11.5. The lowest BCUT2D eigenvalue weighted by Crippen LogP contribution is -2.39. The van der Waals surface area contributed by atoms with Crippen molar-refractivity contribution in [1.29, 1.82) is 0 Å². The van der Waals surface area contributed by atoms with Gasteiger partial charge in [0.2, 0.25) is 6.79 Å². The molecule has 1 aromatic rings. The normalized spacial score (nSPS) is 13.4.